The van der Waals surface area contributed by atoms with Gasteiger partial charge in [0.1, 0.15) is 11.3 Å². The van der Waals surface area contributed by atoms with Crippen molar-refractivity contribution in [3.63, 3.8) is 0 Å². The number of phenols is 1. The number of anilines is 1. The topological polar surface area (TPSA) is 62.4 Å². The van der Waals surface area contributed by atoms with Crippen LogP contribution in [0, 0.1) is 0 Å². The molecule has 5 nitrogen and oxygen atoms in total. The fourth-order valence-electron chi connectivity index (χ4n) is 1.72. The van der Waals surface area contributed by atoms with E-state index < -0.39 is 0 Å². The van der Waals surface area contributed by atoms with Gasteiger partial charge in [-0.25, -0.2) is 9.97 Å². The number of aromatic nitrogens is 2. The predicted molar refractivity (Wildman–Crippen MR) is 81.0 cm³/mol. The molecule has 0 aliphatic heterocycles. The fourth-order valence-corrected chi connectivity index (χ4v) is 2.46. The van der Waals surface area contributed by atoms with Crippen molar-refractivity contribution < 1.29 is 9.52 Å². The number of hydrogen-bond acceptors (Lipinski definition) is 6. The molecule has 0 fully saturated rings. The van der Waals surface area contributed by atoms with Gasteiger partial charge in [0.25, 0.3) is 0 Å². The highest BCUT2D eigenvalue weighted by Gasteiger charge is 2.05. The van der Waals surface area contributed by atoms with E-state index in [9.17, 15) is 5.11 Å². The van der Waals surface area contributed by atoms with Crippen LogP contribution in [0.15, 0.2) is 28.8 Å². The number of benzene rings is 1. The number of phenolic OH excluding ortho intramolecular Hbond substituents is 1. The number of hydrogen-bond donors (Lipinski definition) is 1. The summed E-state index contributed by atoms with van der Waals surface area (Å²) in [6.07, 6.45) is 5.52. The van der Waals surface area contributed by atoms with Gasteiger partial charge in [-0.15, -0.1) is 0 Å². The molecule has 0 bridgehead atoms. The average molecular weight is 287 g/mol. The smallest absolute Gasteiger partial charge is 0.220 e. The van der Waals surface area contributed by atoms with Crippen LogP contribution in [0.5, 0.6) is 5.75 Å². The zero-order valence-corrected chi connectivity index (χ0v) is 11.9. The minimum Gasteiger partial charge on any atom is -0.508 e. The van der Waals surface area contributed by atoms with Gasteiger partial charge >= 0.3 is 0 Å². The highest BCUT2D eigenvalue weighted by atomic mass is 32.1. The highest BCUT2D eigenvalue weighted by Crippen LogP contribution is 2.24. The van der Waals surface area contributed by atoms with E-state index >= 15 is 0 Å². The van der Waals surface area contributed by atoms with E-state index in [1.165, 1.54) is 0 Å². The summed E-state index contributed by atoms with van der Waals surface area (Å²) < 4.78 is 5.54. The van der Waals surface area contributed by atoms with Gasteiger partial charge in [0, 0.05) is 37.3 Å². The van der Waals surface area contributed by atoms with Gasteiger partial charge in [-0.05, 0) is 18.2 Å². The van der Waals surface area contributed by atoms with Crippen molar-refractivity contribution in [2.75, 3.05) is 19.0 Å². The molecule has 0 radical (unpaired) electrons. The van der Waals surface area contributed by atoms with Crippen molar-refractivity contribution >= 4 is 39.7 Å². The van der Waals surface area contributed by atoms with Crippen LogP contribution >= 0.6 is 11.3 Å². The molecule has 6 heteroatoms. The van der Waals surface area contributed by atoms with Crippen LogP contribution in [0.25, 0.3) is 23.3 Å². The second-order valence-electron chi connectivity index (χ2n) is 4.48. The summed E-state index contributed by atoms with van der Waals surface area (Å²) in [7, 11) is 3.92. The molecule has 2 aromatic heterocycles. The molecule has 102 valence electrons. The Kier molecular flexibility index (Phi) is 3.15. The molecule has 0 saturated heterocycles. The summed E-state index contributed by atoms with van der Waals surface area (Å²) >= 11 is 1.59. The second kappa shape index (κ2) is 4.97. The Morgan fingerprint density at radius 1 is 1.30 bits per heavy atom. The minimum atomic E-state index is 0.169. The third kappa shape index (κ3) is 2.50. The summed E-state index contributed by atoms with van der Waals surface area (Å²) in [6, 6.07) is 4.86. The summed E-state index contributed by atoms with van der Waals surface area (Å²) in [5, 5.41) is 10.3. The van der Waals surface area contributed by atoms with E-state index in [1.54, 1.807) is 35.6 Å². The maximum absolute atomic E-state index is 9.39. The number of rotatable bonds is 3. The summed E-state index contributed by atoms with van der Waals surface area (Å²) in [5.41, 5.74) is 1.30. The molecule has 0 unspecified atom stereocenters. The van der Waals surface area contributed by atoms with Crippen LogP contribution < -0.4 is 4.90 Å². The number of nitrogens with zero attached hydrogens (tertiary/aromatic N) is 3. The standard InChI is InChI=1S/C14H13N3O2S/c1-17(2)14-15-8-10(20-14)4-6-13-16-11-5-3-9(18)7-12(11)19-13/h3-8,18H,1-2H3/b6-4+. The molecular formula is C14H13N3O2S. The lowest BCUT2D eigenvalue weighted by molar-refractivity contribution is 0.474. The van der Waals surface area contributed by atoms with Gasteiger partial charge < -0.3 is 14.4 Å². The molecule has 0 spiro atoms. The Morgan fingerprint density at radius 2 is 2.15 bits per heavy atom. The van der Waals surface area contributed by atoms with Crippen molar-refractivity contribution in [1.29, 1.82) is 0 Å². The lowest BCUT2D eigenvalue weighted by atomic mass is 10.3. The van der Waals surface area contributed by atoms with Gasteiger partial charge in [0.2, 0.25) is 5.89 Å². The largest absolute Gasteiger partial charge is 0.508 e. The zero-order valence-electron chi connectivity index (χ0n) is 11.1. The van der Waals surface area contributed by atoms with Crippen molar-refractivity contribution in [1.82, 2.24) is 9.97 Å². The predicted octanol–water partition coefficient (Wildman–Crippen LogP) is 3.23. The van der Waals surface area contributed by atoms with Crippen molar-refractivity contribution in [3.8, 4) is 5.75 Å². The van der Waals surface area contributed by atoms with Gasteiger partial charge in [0.05, 0.1) is 0 Å². The summed E-state index contributed by atoms with van der Waals surface area (Å²) in [6.45, 7) is 0. The molecule has 1 N–H and O–H groups in total. The fraction of sp³-hybridized carbons (Fsp3) is 0.143. The number of aromatic hydroxyl groups is 1. The maximum atomic E-state index is 9.39. The first-order valence-electron chi connectivity index (χ1n) is 6.02. The molecule has 0 aliphatic carbocycles. The van der Waals surface area contributed by atoms with Crippen LogP contribution in [-0.4, -0.2) is 29.2 Å². The molecule has 20 heavy (non-hydrogen) atoms. The molecule has 1 aromatic carbocycles. The minimum absolute atomic E-state index is 0.169. The van der Waals surface area contributed by atoms with E-state index in [0.717, 1.165) is 15.5 Å². The third-order valence-electron chi connectivity index (χ3n) is 2.67. The van der Waals surface area contributed by atoms with Gasteiger partial charge in [-0.2, -0.15) is 0 Å². The Hall–Kier alpha value is -2.34. The lowest BCUT2D eigenvalue weighted by Gasteiger charge is -2.04. The van der Waals surface area contributed by atoms with E-state index in [1.807, 2.05) is 31.3 Å². The molecular weight excluding hydrogens is 274 g/mol. The molecule has 0 aliphatic rings. The van der Waals surface area contributed by atoms with E-state index in [4.69, 9.17) is 4.42 Å². The maximum Gasteiger partial charge on any atom is 0.220 e. The monoisotopic (exact) mass is 287 g/mol. The van der Waals surface area contributed by atoms with Crippen LogP contribution in [0.3, 0.4) is 0 Å². The Labute approximate surface area is 119 Å². The molecule has 0 atom stereocenters. The first kappa shape index (κ1) is 12.7. The molecule has 0 saturated carbocycles. The van der Waals surface area contributed by atoms with Crippen LogP contribution in [0.4, 0.5) is 5.13 Å². The summed E-state index contributed by atoms with van der Waals surface area (Å²) in [4.78, 5) is 11.6. The van der Waals surface area contributed by atoms with Crippen LogP contribution in [-0.2, 0) is 0 Å². The quantitative estimate of drug-likeness (QED) is 0.801. The Morgan fingerprint density at radius 3 is 2.90 bits per heavy atom. The first-order valence-corrected chi connectivity index (χ1v) is 6.84. The molecule has 3 rings (SSSR count). The summed E-state index contributed by atoms with van der Waals surface area (Å²) in [5.74, 6) is 0.674. The molecule has 0 amide bonds. The lowest BCUT2D eigenvalue weighted by Crippen LogP contribution is -2.07. The number of oxazole rings is 1. The van der Waals surface area contributed by atoms with E-state index in [-0.39, 0.29) is 5.75 Å². The van der Waals surface area contributed by atoms with Gasteiger partial charge in [-0.1, -0.05) is 11.3 Å². The average Bonchev–Trinajstić information content (AvgIpc) is 3.01. The SMILES string of the molecule is CN(C)c1ncc(/C=C/c2nc3ccc(O)cc3o2)s1. The highest BCUT2D eigenvalue weighted by molar-refractivity contribution is 7.16. The third-order valence-corrected chi connectivity index (χ3v) is 3.80. The Balaban J connectivity index is 1.86. The van der Waals surface area contributed by atoms with E-state index in [2.05, 4.69) is 9.97 Å². The zero-order chi connectivity index (χ0) is 14.1. The number of fused-ring (bicyclic) bond motifs is 1. The van der Waals surface area contributed by atoms with Crippen molar-refractivity contribution in [2.24, 2.45) is 0 Å². The van der Waals surface area contributed by atoms with Gasteiger partial charge in [-0.3, -0.25) is 0 Å². The Bertz CT molecular complexity index is 774. The molecule has 3 aromatic rings. The van der Waals surface area contributed by atoms with Crippen LogP contribution in [0.2, 0.25) is 0 Å². The van der Waals surface area contributed by atoms with Crippen molar-refractivity contribution in [3.05, 3.63) is 35.2 Å². The van der Waals surface area contributed by atoms with E-state index in [0.29, 0.717) is 11.5 Å². The van der Waals surface area contributed by atoms with Crippen molar-refractivity contribution in [2.45, 2.75) is 0 Å². The second-order valence-corrected chi connectivity index (χ2v) is 5.52. The molecule has 2 heterocycles. The van der Waals surface area contributed by atoms with Gasteiger partial charge in [0.15, 0.2) is 10.7 Å². The van der Waals surface area contributed by atoms with Crippen LogP contribution in [0.1, 0.15) is 10.8 Å². The first-order chi connectivity index (χ1) is 9.61. The normalized spacial score (nSPS) is 11.5. The number of thiazole rings is 1.